The first kappa shape index (κ1) is 29.6. The Morgan fingerprint density at radius 1 is 0.600 bits per heavy atom. The van der Waals surface area contributed by atoms with Crippen molar-refractivity contribution < 1.29 is 0 Å². The topological polar surface area (TPSA) is 9.34 Å². The lowest BCUT2D eigenvalue weighted by Crippen LogP contribution is -2.57. The van der Waals surface area contributed by atoms with E-state index in [1.807, 2.05) is 0 Å². The molecule has 0 aliphatic carbocycles. The lowest BCUT2D eigenvalue weighted by Gasteiger charge is -2.42. The first-order chi connectivity index (χ1) is 24.1. The Bertz CT molecular complexity index is 2810. The molecule has 0 N–H and O–H groups in total. The second-order valence-corrected chi connectivity index (χ2v) is 15.6. The van der Waals surface area contributed by atoms with Gasteiger partial charge in [0.05, 0.1) is 16.6 Å². The van der Waals surface area contributed by atoms with Crippen LogP contribution in [0.5, 0.6) is 0 Å². The minimum atomic E-state index is -0.111. The van der Waals surface area contributed by atoms with Gasteiger partial charge in [-0.2, -0.15) is 0 Å². The van der Waals surface area contributed by atoms with Gasteiger partial charge in [0.1, 0.15) is 5.65 Å². The molecule has 2 aliphatic rings. The van der Waals surface area contributed by atoms with Gasteiger partial charge in [-0.25, -0.2) is 0 Å². The van der Waals surface area contributed by atoms with E-state index in [0.717, 1.165) is 0 Å². The second-order valence-electron chi connectivity index (χ2n) is 15.6. The molecule has 0 fully saturated rings. The molecule has 0 spiro atoms. The van der Waals surface area contributed by atoms with Gasteiger partial charge in [0.15, 0.2) is 0 Å². The van der Waals surface area contributed by atoms with E-state index in [2.05, 4.69) is 167 Å². The van der Waals surface area contributed by atoms with Crippen molar-refractivity contribution in [1.82, 2.24) is 8.97 Å². The van der Waals surface area contributed by atoms with Crippen molar-refractivity contribution in [2.24, 2.45) is 0 Å². The fourth-order valence-electron chi connectivity index (χ4n) is 10.1. The Hall–Kier alpha value is -5.28. The lowest BCUT2D eigenvalue weighted by molar-refractivity contribution is 0.647. The Morgan fingerprint density at radius 3 is 1.98 bits per heavy atom. The van der Waals surface area contributed by atoms with Crippen molar-refractivity contribution in [1.29, 1.82) is 0 Å². The normalized spacial score (nSPS) is 14.8. The van der Waals surface area contributed by atoms with Crippen LogP contribution in [0.15, 0.2) is 109 Å². The zero-order chi connectivity index (χ0) is 34.4. The summed E-state index contributed by atoms with van der Waals surface area (Å²) in [6.45, 7) is 18.8. The summed E-state index contributed by atoms with van der Waals surface area (Å²) >= 11 is 0. The second kappa shape index (κ2) is 9.91. The number of aryl methyl sites for hydroxylation is 4. The van der Waals surface area contributed by atoms with Gasteiger partial charge in [-0.05, 0) is 132 Å². The van der Waals surface area contributed by atoms with E-state index in [1.165, 1.54) is 116 Å². The fraction of sp³-hybridized carbons (Fsp3) is 0.191. The maximum absolute atomic E-state index is 2.62. The Labute approximate surface area is 294 Å². The number of hydrogen-bond acceptors (Lipinski definition) is 0. The molecule has 2 aromatic heterocycles. The van der Waals surface area contributed by atoms with Crippen LogP contribution < -0.4 is 10.9 Å². The third kappa shape index (κ3) is 3.60. The minimum Gasteiger partial charge on any atom is -0.301 e. The van der Waals surface area contributed by atoms with Crippen LogP contribution in [-0.2, 0) is 5.41 Å². The van der Waals surface area contributed by atoms with Crippen LogP contribution in [0.1, 0.15) is 61.1 Å². The molecule has 2 nitrogen and oxygen atoms in total. The maximum Gasteiger partial charge on any atom is 0.242 e. The Kier molecular flexibility index (Phi) is 5.87. The fourth-order valence-corrected chi connectivity index (χ4v) is 10.1. The molecule has 0 amide bonds. The quantitative estimate of drug-likeness (QED) is 0.166. The number of rotatable bonds is 2. The first-order valence-electron chi connectivity index (χ1n) is 18.1. The Balaban J connectivity index is 1.45. The molecule has 10 rings (SSSR count). The molecular weight excluding hydrogens is 603 g/mol. The SMILES string of the molecule is CC1=C(C)n2c3c4c(cc5cccc(c53)n3c5cc(-c6c(C)cccc6C)cc(-c6c(C)cccc6C)c5cc23)C(C)(C)c2ccccc2B14. The molecule has 0 bridgehead atoms. The average molecular weight is 645 g/mol. The number of allylic oxidation sites excluding steroid dienone is 2. The van der Waals surface area contributed by atoms with Crippen molar-refractivity contribution in [3.05, 3.63) is 142 Å². The van der Waals surface area contributed by atoms with Crippen molar-refractivity contribution in [3.8, 4) is 22.3 Å². The first-order valence-corrected chi connectivity index (χ1v) is 18.1. The van der Waals surface area contributed by atoms with E-state index in [9.17, 15) is 0 Å². The molecule has 0 unspecified atom stereocenters. The summed E-state index contributed by atoms with van der Waals surface area (Å²) in [5.41, 5.74) is 24.1. The van der Waals surface area contributed by atoms with Crippen LogP contribution in [0.3, 0.4) is 0 Å². The van der Waals surface area contributed by atoms with Gasteiger partial charge in [0.2, 0.25) is 6.71 Å². The third-order valence-corrected chi connectivity index (χ3v) is 12.5. The number of aromatic nitrogens is 2. The molecule has 0 atom stereocenters. The highest BCUT2D eigenvalue weighted by molar-refractivity contribution is 6.94. The van der Waals surface area contributed by atoms with Crippen LogP contribution in [0.25, 0.3) is 66.3 Å². The molecule has 0 saturated heterocycles. The van der Waals surface area contributed by atoms with Gasteiger partial charge in [0, 0.05) is 21.9 Å². The summed E-state index contributed by atoms with van der Waals surface area (Å²) < 4.78 is 5.20. The number of fused-ring (bicyclic) bond motifs is 7. The molecular formula is C47H41BN2. The van der Waals surface area contributed by atoms with Crippen LogP contribution in [0.4, 0.5) is 0 Å². The summed E-state index contributed by atoms with van der Waals surface area (Å²) in [6.07, 6.45) is 0. The van der Waals surface area contributed by atoms with Crippen molar-refractivity contribution in [3.63, 3.8) is 0 Å². The van der Waals surface area contributed by atoms with Crippen LogP contribution in [0.2, 0.25) is 0 Å². The summed E-state index contributed by atoms with van der Waals surface area (Å²) in [6, 6.07) is 39.5. The van der Waals surface area contributed by atoms with Crippen LogP contribution >= 0.6 is 0 Å². The van der Waals surface area contributed by atoms with E-state index in [4.69, 9.17) is 0 Å². The largest absolute Gasteiger partial charge is 0.301 e. The molecule has 0 saturated carbocycles. The summed E-state index contributed by atoms with van der Waals surface area (Å²) in [4.78, 5) is 0. The van der Waals surface area contributed by atoms with Gasteiger partial charge in [0.25, 0.3) is 0 Å². The monoisotopic (exact) mass is 644 g/mol. The number of benzene rings is 6. The highest BCUT2D eigenvalue weighted by Crippen LogP contribution is 2.46. The molecule has 6 aromatic carbocycles. The summed E-state index contributed by atoms with van der Waals surface area (Å²) in [5, 5.41) is 3.96. The highest BCUT2D eigenvalue weighted by Gasteiger charge is 2.44. The van der Waals surface area contributed by atoms with Gasteiger partial charge in [-0.1, -0.05) is 104 Å². The molecule has 2 aliphatic heterocycles. The highest BCUT2D eigenvalue weighted by atomic mass is 15.1. The van der Waals surface area contributed by atoms with E-state index < -0.39 is 0 Å². The van der Waals surface area contributed by atoms with Crippen molar-refractivity contribution in [2.45, 2.75) is 60.8 Å². The maximum atomic E-state index is 2.62. The molecule has 50 heavy (non-hydrogen) atoms. The Morgan fingerprint density at radius 2 is 1.26 bits per heavy atom. The van der Waals surface area contributed by atoms with E-state index in [-0.39, 0.29) is 12.1 Å². The van der Waals surface area contributed by atoms with Gasteiger partial charge in [-0.3, -0.25) is 4.40 Å². The molecule has 8 aromatic rings. The van der Waals surface area contributed by atoms with Gasteiger partial charge in [-0.15, -0.1) is 0 Å². The standard InChI is InChI=1S/C47H41BN2/c1-26-14-11-15-27(2)42(26)33-22-35(43-28(3)16-12-17-29(43)4)34-25-41-49-31(6)30(5)48-38-20-10-9-19-36(38)47(7,8)37-23-32-18-13-21-39(50(41)40(34)24-33)44(32)46(49)45(37)48/h9-25H,1-8H3. The average Bonchev–Trinajstić information content (AvgIpc) is 3.48. The number of hydrogen-bond donors (Lipinski definition) is 0. The summed E-state index contributed by atoms with van der Waals surface area (Å²) in [7, 11) is 0. The van der Waals surface area contributed by atoms with Crippen LogP contribution in [-0.4, -0.2) is 15.7 Å². The van der Waals surface area contributed by atoms with Crippen molar-refractivity contribution in [2.75, 3.05) is 0 Å². The molecule has 3 heteroatoms. The van der Waals surface area contributed by atoms with Gasteiger partial charge >= 0.3 is 0 Å². The predicted octanol–water partition coefficient (Wildman–Crippen LogP) is 10.8. The van der Waals surface area contributed by atoms with E-state index in [1.54, 1.807) is 0 Å². The van der Waals surface area contributed by atoms with Crippen LogP contribution in [0, 0.1) is 27.7 Å². The lowest BCUT2D eigenvalue weighted by atomic mass is 9.30. The van der Waals surface area contributed by atoms with E-state index >= 15 is 0 Å². The van der Waals surface area contributed by atoms with Gasteiger partial charge < -0.3 is 4.57 Å². The number of nitrogens with zero attached hydrogens (tertiary/aromatic N) is 2. The van der Waals surface area contributed by atoms with Crippen molar-refractivity contribution >= 4 is 61.7 Å². The molecule has 0 radical (unpaired) electrons. The smallest absolute Gasteiger partial charge is 0.242 e. The molecule has 4 heterocycles. The zero-order valence-electron chi connectivity index (χ0n) is 30.3. The summed E-state index contributed by atoms with van der Waals surface area (Å²) in [5.74, 6) is 0. The minimum absolute atomic E-state index is 0.111. The van der Waals surface area contributed by atoms with E-state index in [0.29, 0.717) is 0 Å². The predicted molar refractivity (Wildman–Crippen MR) is 216 cm³/mol. The zero-order valence-corrected chi connectivity index (χ0v) is 30.3. The molecule has 242 valence electrons. The third-order valence-electron chi connectivity index (χ3n) is 12.5.